The number of nitrogens with zero attached hydrogens (tertiary/aromatic N) is 1. The van der Waals surface area contributed by atoms with Gasteiger partial charge in [0.1, 0.15) is 30.4 Å². The number of dihydropyridines is 1. The molecule has 0 saturated heterocycles. The number of likely N-dealkylation sites (N-methyl/N-ethyl adjacent to an activating group) is 1. The Hall–Kier alpha value is -3.58. The van der Waals surface area contributed by atoms with Crippen LogP contribution in [0.25, 0.3) is 0 Å². The summed E-state index contributed by atoms with van der Waals surface area (Å²) in [6, 6.07) is 1.21. The molecule has 4 N–H and O–H groups in total. The lowest BCUT2D eigenvalue weighted by atomic mass is 9.83. The van der Waals surface area contributed by atoms with Crippen molar-refractivity contribution in [2.45, 2.75) is 44.3 Å². The summed E-state index contributed by atoms with van der Waals surface area (Å²) in [6.07, 6.45) is -1.16. The fourth-order valence-electron chi connectivity index (χ4n) is 4.77. The molecule has 1 aromatic carbocycles. The number of hydrogen-bond donors (Lipinski definition) is 4. The molecule has 0 aromatic heterocycles. The number of aliphatic hydroxyl groups is 1. The number of halogens is 5. The average molecular weight is 571 g/mol. The molecule has 2 atom stereocenters. The van der Waals surface area contributed by atoms with Crippen molar-refractivity contribution < 1.29 is 41.3 Å². The number of nitrogens with one attached hydrogen (secondary N) is 3. The third-order valence-corrected chi connectivity index (χ3v) is 6.50. The van der Waals surface area contributed by atoms with E-state index >= 15 is 8.78 Å². The normalized spacial score (nSPS) is 22.3. The maximum absolute atomic E-state index is 15.3. The lowest BCUT2D eigenvalue weighted by molar-refractivity contribution is -0.252. The molecule has 0 fully saturated rings. The van der Waals surface area contributed by atoms with Gasteiger partial charge in [0.2, 0.25) is 5.91 Å². The number of allylic oxidation sites excluding steroid dienone is 3. The maximum atomic E-state index is 15.3. The Morgan fingerprint density at radius 3 is 2.62 bits per heavy atom. The van der Waals surface area contributed by atoms with Crippen molar-refractivity contribution in [3.05, 3.63) is 75.9 Å². The lowest BCUT2D eigenvalue weighted by Crippen LogP contribution is -2.45. The van der Waals surface area contributed by atoms with Crippen molar-refractivity contribution >= 4 is 5.91 Å². The van der Waals surface area contributed by atoms with Crippen LogP contribution < -0.4 is 20.7 Å². The van der Waals surface area contributed by atoms with Gasteiger partial charge in [0.05, 0.1) is 17.3 Å². The van der Waals surface area contributed by atoms with Crippen LogP contribution in [0.3, 0.4) is 0 Å². The monoisotopic (exact) mass is 570 g/mol. The molecule has 0 radical (unpaired) electrons. The van der Waals surface area contributed by atoms with E-state index in [4.69, 9.17) is 9.47 Å². The van der Waals surface area contributed by atoms with Gasteiger partial charge in [-0.25, -0.2) is 8.78 Å². The van der Waals surface area contributed by atoms with E-state index in [0.29, 0.717) is 35.6 Å². The SMILES string of the molecule is CC1=CC2=C(CCC3=C2OC(O)(CC(F)(F)F)N3)C(c2c(F)cc(OCCNC/C=C/C(=O)N(C)C)cc2F)N1. The van der Waals surface area contributed by atoms with Crippen LogP contribution in [0.1, 0.15) is 37.8 Å². The summed E-state index contributed by atoms with van der Waals surface area (Å²) in [5, 5.41) is 18.9. The first-order valence-corrected chi connectivity index (χ1v) is 12.6. The number of hydrogen-bond acceptors (Lipinski definition) is 7. The van der Waals surface area contributed by atoms with Crippen molar-refractivity contribution in [1.82, 2.24) is 20.9 Å². The molecule has 0 saturated carbocycles. The predicted molar refractivity (Wildman–Crippen MR) is 135 cm³/mol. The molecule has 40 heavy (non-hydrogen) atoms. The number of carbonyl (C=O) groups excluding carboxylic acids is 1. The predicted octanol–water partition coefficient (Wildman–Crippen LogP) is 3.65. The number of benzene rings is 1. The molecular weight excluding hydrogens is 539 g/mol. The minimum Gasteiger partial charge on any atom is -0.492 e. The second kappa shape index (κ2) is 11.5. The van der Waals surface area contributed by atoms with Crippen LogP contribution in [0.4, 0.5) is 22.0 Å². The fraction of sp³-hybridized carbons (Fsp3) is 0.444. The van der Waals surface area contributed by atoms with Gasteiger partial charge in [-0.3, -0.25) is 4.79 Å². The minimum atomic E-state index is -4.69. The van der Waals surface area contributed by atoms with E-state index in [0.717, 1.165) is 12.1 Å². The van der Waals surface area contributed by atoms with Gasteiger partial charge < -0.3 is 35.4 Å². The lowest BCUT2D eigenvalue weighted by Gasteiger charge is -2.33. The molecule has 3 aliphatic rings. The second-order valence-corrected chi connectivity index (χ2v) is 9.94. The number of ether oxygens (including phenoxy) is 2. The second-order valence-electron chi connectivity index (χ2n) is 9.94. The zero-order valence-corrected chi connectivity index (χ0v) is 22.2. The molecule has 1 aromatic rings. The van der Waals surface area contributed by atoms with Crippen molar-refractivity contribution in [2.24, 2.45) is 0 Å². The summed E-state index contributed by atoms with van der Waals surface area (Å²) < 4.78 is 80.4. The smallest absolute Gasteiger partial charge is 0.397 e. The summed E-state index contributed by atoms with van der Waals surface area (Å²) in [5.74, 6) is -4.49. The van der Waals surface area contributed by atoms with Crippen LogP contribution in [-0.2, 0) is 9.53 Å². The third kappa shape index (κ3) is 6.76. The Kier molecular flexibility index (Phi) is 8.45. The van der Waals surface area contributed by atoms with Gasteiger partial charge in [0.15, 0.2) is 5.76 Å². The number of alkyl halides is 3. The van der Waals surface area contributed by atoms with Crippen LogP contribution in [-0.4, -0.2) is 61.8 Å². The van der Waals surface area contributed by atoms with E-state index in [1.165, 1.54) is 11.0 Å². The van der Waals surface area contributed by atoms with Gasteiger partial charge in [-0.05, 0) is 31.4 Å². The Morgan fingerprint density at radius 1 is 1.27 bits per heavy atom. The summed E-state index contributed by atoms with van der Waals surface area (Å²) >= 11 is 0. The van der Waals surface area contributed by atoms with Crippen LogP contribution in [0.15, 0.2) is 58.7 Å². The molecular formula is C27H31F5N4O4. The molecule has 0 bridgehead atoms. The van der Waals surface area contributed by atoms with E-state index in [1.54, 1.807) is 33.2 Å². The number of amides is 1. The standard InChI is InChI=1S/C27H31F5N4O4/c1-15-11-18-17(6-7-21-25(18)40-27(38,35-21)14-26(30,31)32)24(34-15)23-19(28)12-16(13-20(23)29)39-10-9-33-8-4-5-22(37)36(2)3/h4-5,11-13,24,33-35,38H,6-10,14H2,1-3H3/b5-4+. The average Bonchev–Trinajstić information content (AvgIpc) is 3.17. The molecule has 13 heteroatoms. The highest BCUT2D eigenvalue weighted by Gasteiger charge is 2.50. The van der Waals surface area contributed by atoms with E-state index in [9.17, 15) is 23.1 Å². The zero-order chi connectivity index (χ0) is 29.2. The maximum Gasteiger partial charge on any atom is 0.397 e. The van der Waals surface area contributed by atoms with Crippen molar-refractivity contribution in [3.63, 3.8) is 0 Å². The molecule has 1 aliphatic carbocycles. The van der Waals surface area contributed by atoms with Crippen LogP contribution in [0.5, 0.6) is 5.75 Å². The van der Waals surface area contributed by atoms with E-state index < -0.39 is 36.2 Å². The van der Waals surface area contributed by atoms with Gasteiger partial charge in [0.25, 0.3) is 5.91 Å². The summed E-state index contributed by atoms with van der Waals surface area (Å²) in [4.78, 5) is 12.9. The largest absolute Gasteiger partial charge is 0.492 e. The van der Waals surface area contributed by atoms with Crippen LogP contribution in [0, 0.1) is 11.6 Å². The first-order valence-electron chi connectivity index (χ1n) is 12.6. The van der Waals surface area contributed by atoms with E-state index in [1.807, 2.05) is 0 Å². The minimum absolute atomic E-state index is 0.00895. The Bertz CT molecular complexity index is 1260. The van der Waals surface area contributed by atoms with Crippen molar-refractivity contribution in [1.29, 1.82) is 0 Å². The van der Waals surface area contributed by atoms with Gasteiger partial charge in [-0.2, -0.15) is 13.2 Å². The number of rotatable bonds is 9. The first kappa shape index (κ1) is 29.4. The fourth-order valence-corrected chi connectivity index (χ4v) is 4.77. The highest BCUT2D eigenvalue weighted by Crippen LogP contribution is 2.46. The topological polar surface area (TPSA) is 95.1 Å². The highest BCUT2D eigenvalue weighted by molar-refractivity contribution is 5.87. The van der Waals surface area contributed by atoms with Gasteiger partial charge in [-0.1, -0.05) is 6.08 Å². The Labute approximate surface area is 228 Å². The van der Waals surface area contributed by atoms with Crippen molar-refractivity contribution in [2.75, 3.05) is 33.8 Å². The molecule has 218 valence electrons. The zero-order valence-electron chi connectivity index (χ0n) is 22.2. The van der Waals surface area contributed by atoms with Crippen molar-refractivity contribution in [3.8, 4) is 5.75 Å². The molecule has 2 heterocycles. The first-order chi connectivity index (χ1) is 18.8. The number of carbonyl (C=O) groups is 1. The molecule has 2 aliphatic heterocycles. The highest BCUT2D eigenvalue weighted by atomic mass is 19.4. The van der Waals surface area contributed by atoms with Gasteiger partial charge in [-0.15, -0.1) is 0 Å². The van der Waals surface area contributed by atoms with E-state index in [2.05, 4.69) is 16.0 Å². The van der Waals surface area contributed by atoms with E-state index in [-0.39, 0.29) is 42.4 Å². The number of fused-ring (bicyclic) bond motifs is 1. The Morgan fingerprint density at radius 2 is 1.98 bits per heavy atom. The summed E-state index contributed by atoms with van der Waals surface area (Å²) in [6.45, 7) is 2.55. The molecule has 4 rings (SSSR count). The van der Waals surface area contributed by atoms with Gasteiger partial charge in [0, 0.05) is 56.7 Å². The molecule has 0 spiro atoms. The Balaban J connectivity index is 1.45. The third-order valence-electron chi connectivity index (χ3n) is 6.50. The van der Waals surface area contributed by atoms with Crippen LogP contribution in [0.2, 0.25) is 0 Å². The van der Waals surface area contributed by atoms with Crippen LogP contribution >= 0.6 is 0 Å². The summed E-state index contributed by atoms with van der Waals surface area (Å²) in [7, 11) is 3.28. The molecule has 2 unspecified atom stereocenters. The quantitative estimate of drug-likeness (QED) is 0.205. The molecule has 8 nitrogen and oxygen atoms in total. The molecule has 1 amide bonds. The van der Waals surface area contributed by atoms with Gasteiger partial charge >= 0.3 is 6.18 Å². The summed E-state index contributed by atoms with van der Waals surface area (Å²) in [5.41, 5.74) is 1.45.